The molecule has 47 heavy (non-hydrogen) atoms. The molecule has 5 rings (SSSR count). The summed E-state index contributed by atoms with van der Waals surface area (Å²) in [5.41, 5.74) is 1.22. The summed E-state index contributed by atoms with van der Waals surface area (Å²) in [6, 6.07) is 32.6. The first-order valence-electron chi connectivity index (χ1n) is 16.5. The van der Waals surface area contributed by atoms with Crippen LogP contribution in [0, 0.1) is 5.41 Å². The van der Waals surface area contributed by atoms with Gasteiger partial charge in [-0.25, -0.2) is 0 Å². The van der Waals surface area contributed by atoms with Crippen LogP contribution in [0.4, 0.5) is 0 Å². The largest absolute Gasteiger partial charge is 0.405 e. The van der Waals surface area contributed by atoms with Crippen LogP contribution in [0.15, 0.2) is 116 Å². The molecule has 246 valence electrons. The number of carbonyl (C=O) groups excluding carboxylic acids is 1. The number of amides is 1. The Morgan fingerprint density at radius 1 is 0.979 bits per heavy atom. The minimum atomic E-state index is -2.87. The molecule has 1 amide bonds. The molecule has 1 saturated heterocycles. The number of pyridine rings is 1. The highest BCUT2D eigenvalue weighted by Crippen LogP contribution is 2.52. The summed E-state index contributed by atoms with van der Waals surface area (Å²) in [4.78, 5) is 21.9. The first kappa shape index (κ1) is 35.1. The van der Waals surface area contributed by atoms with E-state index in [4.69, 9.17) is 32.6 Å². The van der Waals surface area contributed by atoms with Crippen LogP contribution in [0.5, 0.6) is 0 Å². The Morgan fingerprint density at radius 2 is 1.62 bits per heavy atom. The number of nitrogens with zero attached hydrogens (tertiary/aromatic N) is 2. The van der Waals surface area contributed by atoms with E-state index in [0.29, 0.717) is 35.9 Å². The third-order valence-electron chi connectivity index (χ3n) is 9.80. The Bertz CT molecular complexity index is 1620. The molecule has 4 nitrogen and oxygen atoms in total. The molecule has 0 aliphatic carbocycles. The number of hydrogen-bond donors (Lipinski definition) is 0. The maximum atomic E-state index is 14.9. The van der Waals surface area contributed by atoms with Gasteiger partial charge in [0.15, 0.2) is 0 Å². The Hall–Kier alpha value is -3.22. The summed E-state index contributed by atoms with van der Waals surface area (Å²) in [7, 11) is -2.87. The number of likely N-dealkylation sites (tertiary alicyclic amines) is 1. The molecule has 7 heteroatoms. The Kier molecular flexibility index (Phi) is 10.8. The number of rotatable bonds is 11. The van der Waals surface area contributed by atoms with E-state index in [0.717, 1.165) is 11.3 Å². The van der Waals surface area contributed by atoms with Gasteiger partial charge in [-0.2, -0.15) is 0 Å². The highest BCUT2D eigenvalue weighted by Gasteiger charge is 2.54. The second-order valence-corrected chi connectivity index (χ2v) is 19.2. The maximum Gasteiger partial charge on any atom is 0.261 e. The fraction of sp³-hybridized carbons (Fsp3) is 0.350. The van der Waals surface area contributed by atoms with Gasteiger partial charge in [-0.05, 0) is 64.5 Å². The van der Waals surface area contributed by atoms with Crippen LogP contribution < -0.4 is 10.4 Å². The molecule has 2 unspecified atom stereocenters. The summed E-state index contributed by atoms with van der Waals surface area (Å²) in [5.74, 6) is 0.0299. The predicted octanol–water partition coefficient (Wildman–Crippen LogP) is 9.38. The summed E-state index contributed by atoms with van der Waals surface area (Å²) >= 11 is 12.9. The Balaban J connectivity index is 1.67. The van der Waals surface area contributed by atoms with Crippen molar-refractivity contribution in [1.29, 1.82) is 0 Å². The molecular weight excluding hydrogens is 639 g/mol. The van der Waals surface area contributed by atoms with Gasteiger partial charge in [0.05, 0.1) is 34.8 Å². The van der Waals surface area contributed by atoms with E-state index >= 15 is 0 Å². The number of aromatic nitrogens is 1. The SMILES string of the molecule is C=CCC1(C)C[C@H](c2cccc(Cl)c2)[C@@H](c2ccc(Cl)cn2)N(C(CC)CO[Si](c2ccccc2)(c2ccccc2)C(C)(C)C)C1=O. The molecule has 2 heterocycles. The molecule has 0 N–H and O–H groups in total. The number of halogens is 2. The van der Waals surface area contributed by atoms with Crippen molar-refractivity contribution < 1.29 is 9.22 Å². The first-order chi connectivity index (χ1) is 22.4. The van der Waals surface area contributed by atoms with Crippen LogP contribution in [0.25, 0.3) is 0 Å². The highest BCUT2D eigenvalue weighted by molar-refractivity contribution is 6.99. The predicted molar refractivity (Wildman–Crippen MR) is 198 cm³/mol. The van der Waals surface area contributed by atoms with E-state index in [1.807, 2.05) is 36.4 Å². The molecule has 0 bridgehead atoms. The summed E-state index contributed by atoms with van der Waals surface area (Å²) in [6.07, 6.45) is 5.44. The van der Waals surface area contributed by atoms with E-state index in [2.05, 4.69) is 113 Å². The van der Waals surface area contributed by atoms with Crippen LogP contribution in [0.3, 0.4) is 0 Å². The van der Waals surface area contributed by atoms with Crippen molar-refractivity contribution in [2.75, 3.05) is 6.61 Å². The van der Waals surface area contributed by atoms with Crippen molar-refractivity contribution in [2.24, 2.45) is 5.41 Å². The number of benzene rings is 3. The van der Waals surface area contributed by atoms with Crippen molar-refractivity contribution in [3.8, 4) is 0 Å². The molecule has 0 radical (unpaired) electrons. The van der Waals surface area contributed by atoms with E-state index in [1.54, 1.807) is 6.20 Å². The number of hydrogen-bond acceptors (Lipinski definition) is 3. The lowest BCUT2D eigenvalue weighted by molar-refractivity contribution is -0.155. The van der Waals surface area contributed by atoms with Gasteiger partial charge in [0.2, 0.25) is 5.91 Å². The lowest BCUT2D eigenvalue weighted by Gasteiger charge is -2.52. The fourth-order valence-corrected chi connectivity index (χ4v) is 12.4. The summed E-state index contributed by atoms with van der Waals surface area (Å²) in [6.45, 7) is 15.5. The number of allylic oxidation sites excluding steroid dienone is 1. The topological polar surface area (TPSA) is 42.4 Å². The van der Waals surface area contributed by atoms with E-state index in [-0.39, 0.29) is 28.9 Å². The van der Waals surface area contributed by atoms with Crippen LogP contribution in [0.1, 0.15) is 77.1 Å². The van der Waals surface area contributed by atoms with Crippen molar-refractivity contribution in [2.45, 2.75) is 76.9 Å². The second kappa shape index (κ2) is 14.5. The molecule has 1 aliphatic rings. The Morgan fingerprint density at radius 3 is 2.13 bits per heavy atom. The smallest absolute Gasteiger partial charge is 0.261 e. The van der Waals surface area contributed by atoms with Crippen molar-refractivity contribution in [3.63, 3.8) is 0 Å². The van der Waals surface area contributed by atoms with Crippen LogP contribution in [-0.2, 0) is 9.22 Å². The van der Waals surface area contributed by atoms with Crippen molar-refractivity contribution in [3.05, 3.63) is 137 Å². The van der Waals surface area contributed by atoms with Crippen LogP contribution >= 0.6 is 23.2 Å². The average Bonchev–Trinajstić information content (AvgIpc) is 3.05. The van der Waals surface area contributed by atoms with E-state index in [1.165, 1.54) is 10.4 Å². The quantitative estimate of drug-likeness (QED) is 0.117. The standard InChI is InChI=1S/C40H46Cl2N2O2Si/c1-7-24-40(6)26-35(29-16-15-17-30(41)25-29)37(36-23-22-31(42)27-43-36)44(38(40)45)32(8-2)28-46-47(39(3,4)5,33-18-11-9-12-19-33)34-20-13-10-14-21-34/h7,9-23,25,27,32,35,37H,1,8,24,26,28H2,2-6H3/t32?,35-,37+,40?/m1/s1. The first-order valence-corrected chi connectivity index (χ1v) is 19.2. The minimum absolute atomic E-state index is 0.0630. The molecule has 4 atom stereocenters. The molecule has 0 saturated carbocycles. The van der Waals surface area contributed by atoms with Crippen molar-refractivity contribution >= 4 is 47.8 Å². The fourth-order valence-electron chi connectivity index (χ4n) is 7.52. The van der Waals surface area contributed by atoms with Gasteiger partial charge in [-0.3, -0.25) is 9.78 Å². The van der Waals surface area contributed by atoms with Gasteiger partial charge in [0, 0.05) is 17.1 Å². The third-order valence-corrected chi connectivity index (χ3v) is 15.3. The van der Waals surface area contributed by atoms with E-state index in [9.17, 15) is 4.79 Å². The molecule has 1 aromatic heterocycles. The zero-order chi connectivity index (χ0) is 33.8. The van der Waals surface area contributed by atoms with Gasteiger partial charge in [0.1, 0.15) is 0 Å². The maximum absolute atomic E-state index is 14.9. The van der Waals surface area contributed by atoms with E-state index < -0.39 is 13.7 Å². The van der Waals surface area contributed by atoms with Gasteiger partial charge in [0.25, 0.3) is 8.32 Å². The molecule has 1 fully saturated rings. The van der Waals surface area contributed by atoms with Crippen molar-refractivity contribution in [1.82, 2.24) is 9.88 Å². The lowest BCUT2D eigenvalue weighted by Crippen LogP contribution is -2.67. The van der Waals surface area contributed by atoms with Gasteiger partial charge in [-0.15, -0.1) is 6.58 Å². The van der Waals surface area contributed by atoms with Gasteiger partial charge in [-0.1, -0.05) is 137 Å². The van der Waals surface area contributed by atoms with Gasteiger partial charge >= 0.3 is 0 Å². The summed E-state index contributed by atoms with van der Waals surface area (Å²) < 4.78 is 7.47. The molecule has 0 spiro atoms. The highest BCUT2D eigenvalue weighted by atomic mass is 35.5. The lowest BCUT2D eigenvalue weighted by atomic mass is 9.67. The third kappa shape index (κ3) is 7.00. The van der Waals surface area contributed by atoms with Gasteiger partial charge < -0.3 is 9.33 Å². The normalized spacial score (nSPS) is 21.0. The molecule has 3 aromatic carbocycles. The molecule has 4 aromatic rings. The van der Waals surface area contributed by atoms with Crippen LogP contribution in [0.2, 0.25) is 15.1 Å². The average molecular weight is 686 g/mol. The Labute approximate surface area is 291 Å². The zero-order valence-corrected chi connectivity index (χ0v) is 30.6. The number of piperidine rings is 1. The monoisotopic (exact) mass is 684 g/mol. The summed E-state index contributed by atoms with van der Waals surface area (Å²) in [5, 5.41) is 3.45. The molecule has 1 aliphatic heterocycles. The second-order valence-electron chi connectivity index (χ2n) is 14.0. The number of carbonyl (C=O) groups is 1. The zero-order valence-electron chi connectivity index (χ0n) is 28.1. The molecular formula is C40H46Cl2N2O2Si. The van der Waals surface area contributed by atoms with Crippen LogP contribution in [-0.4, -0.2) is 36.8 Å². The minimum Gasteiger partial charge on any atom is -0.405 e.